The summed E-state index contributed by atoms with van der Waals surface area (Å²) in [6.07, 6.45) is 2.13. The van der Waals surface area contributed by atoms with E-state index in [0.29, 0.717) is 19.4 Å². The Morgan fingerprint density at radius 2 is 1.80 bits per heavy atom. The summed E-state index contributed by atoms with van der Waals surface area (Å²) in [4.78, 5) is 14.0. The molecule has 0 aromatic rings. The molecule has 3 heteroatoms. The molecule has 0 aliphatic carbocycles. The van der Waals surface area contributed by atoms with Crippen LogP contribution in [0.4, 0.5) is 0 Å². The molecule has 86 valence electrons. The standard InChI is InChI=1S/C12H22N2O/c1-5-9-14(8-4)11(15)12(6-2,7-3)10-13/h5-9H2,1-4H3. The van der Waals surface area contributed by atoms with Crippen molar-refractivity contribution in [2.45, 2.75) is 47.0 Å². The minimum absolute atomic E-state index is 0.000602. The summed E-state index contributed by atoms with van der Waals surface area (Å²) < 4.78 is 0. The molecule has 15 heavy (non-hydrogen) atoms. The van der Waals surface area contributed by atoms with E-state index in [1.54, 1.807) is 4.90 Å². The number of hydrogen-bond acceptors (Lipinski definition) is 2. The zero-order valence-corrected chi connectivity index (χ0v) is 10.3. The van der Waals surface area contributed by atoms with E-state index in [9.17, 15) is 4.79 Å². The van der Waals surface area contributed by atoms with Gasteiger partial charge in [-0.1, -0.05) is 20.8 Å². The normalized spacial score (nSPS) is 10.9. The highest BCUT2D eigenvalue weighted by molar-refractivity contribution is 5.85. The maximum atomic E-state index is 12.2. The summed E-state index contributed by atoms with van der Waals surface area (Å²) in [5.74, 6) is -0.000602. The first-order chi connectivity index (χ1) is 7.11. The van der Waals surface area contributed by atoms with Crippen molar-refractivity contribution in [3.05, 3.63) is 0 Å². The summed E-state index contributed by atoms with van der Waals surface area (Å²) in [6, 6.07) is 2.20. The molecule has 0 heterocycles. The molecule has 0 aliphatic rings. The monoisotopic (exact) mass is 210 g/mol. The average molecular weight is 210 g/mol. The van der Waals surface area contributed by atoms with Crippen molar-refractivity contribution in [2.75, 3.05) is 13.1 Å². The maximum absolute atomic E-state index is 12.2. The van der Waals surface area contributed by atoms with E-state index in [4.69, 9.17) is 5.26 Å². The molecule has 0 bridgehead atoms. The molecule has 0 radical (unpaired) electrons. The van der Waals surface area contributed by atoms with Gasteiger partial charge in [0.15, 0.2) is 0 Å². The number of carbonyl (C=O) groups excluding carboxylic acids is 1. The van der Waals surface area contributed by atoms with Crippen LogP contribution in [0.15, 0.2) is 0 Å². The Labute approximate surface area is 93.1 Å². The summed E-state index contributed by atoms with van der Waals surface area (Å²) in [6.45, 7) is 9.26. The number of hydrogen-bond donors (Lipinski definition) is 0. The molecular weight excluding hydrogens is 188 g/mol. The van der Waals surface area contributed by atoms with Crippen LogP contribution < -0.4 is 0 Å². The zero-order chi connectivity index (χ0) is 11.9. The molecule has 0 saturated heterocycles. The van der Waals surface area contributed by atoms with Gasteiger partial charge in [-0.15, -0.1) is 0 Å². The fourth-order valence-corrected chi connectivity index (χ4v) is 1.73. The van der Waals surface area contributed by atoms with Crippen LogP contribution in [-0.2, 0) is 4.79 Å². The molecule has 0 aromatic carbocycles. The zero-order valence-electron chi connectivity index (χ0n) is 10.3. The van der Waals surface area contributed by atoms with Crippen LogP contribution >= 0.6 is 0 Å². The SMILES string of the molecule is CCCN(CC)C(=O)C(C#N)(CC)CC. The summed E-state index contributed by atoms with van der Waals surface area (Å²) in [5.41, 5.74) is -0.800. The Hall–Kier alpha value is -1.04. The third-order valence-electron chi connectivity index (χ3n) is 2.99. The van der Waals surface area contributed by atoms with Crippen LogP contribution in [0.2, 0.25) is 0 Å². The number of rotatable bonds is 6. The Bertz CT molecular complexity index is 238. The second kappa shape index (κ2) is 6.44. The number of amides is 1. The van der Waals surface area contributed by atoms with Crippen LogP contribution in [-0.4, -0.2) is 23.9 Å². The van der Waals surface area contributed by atoms with E-state index in [-0.39, 0.29) is 5.91 Å². The minimum atomic E-state index is -0.800. The summed E-state index contributed by atoms with van der Waals surface area (Å²) in [5, 5.41) is 9.16. The van der Waals surface area contributed by atoms with Crippen LogP contribution in [0, 0.1) is 16.7 Å². The molecule has 0 atom stereocenters. The van der Waals surface area contributed by atoms with Gasteiger partial charge in [-0.2, -0.15) is 5.26 Å². The third kappa shape index (κ3) is 2.95. The highest BCUT2D eigenvalue weighted by Gasteiger charge is 2.37. The Morgan fingerprint density at radius 3 is 2.07 bits per heavy atom. The third-order valence-corrected chi connectivity index (χ3v) is 2.99. The van der Waals surface area contributed by atoms with Gasteiger partial charge >= 0.3 is 0 Å². The summed E-state index contributed by atoms with van der Waals surface area (Å²) >= 11 is 0. The van der Waals surface area contributed by atoms with Crippen LogP contribution in [0.25, 0.3) is 0 Å². The molecular formula is C12H22N2O. The molecule has 0 N–H and O–H groups in total. The van der Waals surface area contributed by atoms with Crippen molar-refractivity contribution in [3.8, 4) is 6.07 Å². The van der Waals surface area contributed by atoms with Gasteiger partial charge in [0.25, 0.3) is 0 Å². The first kappa shape index (κ1) is 14.0. The molecule has 1 amide bonds. The molecule has 0 aromatic heterocycles. The minimum Gasteiger partial charge on any atom is -0.342 e. The smallest absolute Gasteiger partial charge is 0.243 e. The van der Waals surface area contributed by atoms with Gasteiger partial charge in [0.1, 0.15) is 5.41 Å². The van der Waals surface area contributed by atoms with Gasteiger partial charge in [0.05, 0.1) is 6.07 Å². The fourth-order valence-electron chi connectivity index (χ4n) is 1.73. The molecule has 0 spiro atoms. The lowest BCUT2D eigenvalue weighted by atomic mass is 9.82. The van der Waals surface area contributed by atoms with Gasteiger partial charge in [0, 0.05) is 13.1 Å². The van der Waals surface area contributed by atoms with E-state index in [1.807, 2.05) is 27.7 Å². The molecule has 0 rings (SSSR count). The van der Waals surface area contributed by atoms with Crippen molar-refractivity contribution >= 4 is 5.91 Å². The van der Waals surface area contributed by atoms with E-state index in [0.717, 1.165) is 13.0 Å². The van der Waals surface area contributed by atoms with E-state index < -0.39 is 5.41 Å². The Morgan fingerprint density at radius 1 is 1.27 bits per heavy atom. The number of nitriles is 1. The topological polar surface area (TPSA) is 44.1 Å². The van der Waals surface area contributed by atoms with Crippen molar-refractivity contribution in [1.29, 1.82) is 5.26 Å². The molecule has 0 unspecified atom stereocenters. The second-order valence-electron chi connectivity index (χ2n) is 3.79. The fraction of sp³-hybridized carbons (Fsp3) is 0.833. The van der Waals surface area contributed by atoms with Gasteiger partial charge in [0.2, 0.25) is 5.91 Å². The molecule has 3 nitrogen and oxygen atoms in total. The van der Waals surface area contributed by atoms with E-state index in [1.165, 1.54) is 0 Å². The predicted octanol–water partition coefficient (Wildman–Crippen LogP) is 2.57. The van der Waals surface area contributed by atoms with Crippen molar-refractivity contribution < 1.29 is 4.79 Å². The lowest BCUT2D eigenvalue weighted by molar-refractivity contribution is -0.139. The molecule has 0 saturated carbocycles. The quantitative estimate of drug-likeness (QED) is 0.676. The van der Waals surface area contributed by atoms with Crippen LogP contribution in [0.1, 0.15) is 47.0 Å². The van der Waals surface area contributed by atoms with Gasteiger partial charge in [-0.3, -0.25) is 4.79 Å². The highest BCUT2D eigenvalue weighted by atomic mass is 16.2. The van der Waals surface area contributed by atoms with Gasteiger partial charge < -0.3 is 4.90 Å². The first-order valence-electron chi connectivity index (χ1n) is 5.82. The van der Waals surface area contributed by atoms with E-state index >= 15 is 0 Å². The van der Waals surface area contributed by atoms with E-state index in [2.05, 4.69) is 6.07 Å². The molecule has 0 fully saturated rings. The van der Waals surface area contributed by atoms with Gasteiger partial charge in [-0.05, 0) is 26.2 Å². The summed E-state index contributed by atoms with van der Waals surface area (Å²) in [7, 11) is 0. The maximum Gasteiger partial charge on any atom is 0.243 e. The number of nitrogens with zero attached hydrogens (tertiary/aromatic N) is 2. The highest BCUT2D eigenvalue weighted by Crippen LogP contribution is 2.28. The van der Waals surface area contributed by atoms with Crippen LogP contribution in [0.3, 0.4) is 0 Å². The van der Waals surface area contributed by atoms with Crippen molar-refractivity contribution in [3.63, 3.8) is 0 Å². The van der Waals surface area contributed by atoms with Crippen molar-refractivity contribution in [1.82, 2.24) is 4.90 Å². The largest absolute Gasteiger partial charge is 0.342 e. The van der Waals surface area contributed by atoms with Crippen LogP contribution in [0.5, 0.6) is 0 Å². The predicted molar refractivity (Wildman–Crippen MR) is 61.2 cm³/mol. The molecule has 0 aliphatic heterocycles. The Balaban J connectivity index is 4.84. The van der Waals surface area contributed by atoms with Gasteiger partial charge in [-0.25, -0.2) is 0 Å². The second-order valence-corrected chi connectivity index (χ2v) is 3.79. The van der Waals surface area contributed by atoms with Crippen molar-refractivity contribution in [2.24, 2.45) is 5.41 Å². The first-order valence-corrected chi connectivity index (χ1v) is 5.82. The average Bonchev–Trinajstić information content (AvgIpc) is 2.28. The lowest BCUT2D eigenvalue weighted by Gasteiger charge is -2.30. The number of carbonyl (C=O) groups is 1. The Kier molecular flexibility index (Phi) is 6.00. The lowest BCUT2D eigenvalue weighted by Crippen LogP contribution is -2.43.